The van der Waals surface area contributed by atoms with Gasteiger partial charge in [-0.05, 0) is 57.0 Å². The fraction of sp³-hybridized carbons (Fsp3) is 0.409. The number of rotatable bonds is 9. The van der Waals surface area contributed by atoms with Crippen LogP contribution in [0.5, 0.6) is 0 Å². The number of nitrogens with one attached hydrogen (secondary N) is 1. The molecule has 0 unspecified atom stereocenters. The molecule has 10 heteroatoms. The number of esters is 1. The van der Waals surface area contributed by atoms with Crippen LogP contribution in [0.15, 0.2) is 35.2 Å². The van der Waals surface area contributed by atoms with Gasteiger partial charge in [0.25, 0.3) is 0 Å². The first-order valence-electron chi connectivity index (χ1n) is 10.2. The molecule has 1 fully saturated rings. The average Bonchev–Trinajstić information content (AvgIpc) is 3.40. The Morgan fingerprint density at radius 2 is 2.00 bits per heavy atom. The maximum atomic E-state index is 12.6. The van der Waals surface area contributed by atoms with Gasteiger partial charge in [-0.15, -0.1) is 0 Å². The summed E-state index contributed by atoms with van der Waals surface area (Å²) >= 11 is 0. The first kappa shape index (κ1) is 23.7. The molecule has 2 heterocycles. The molecule has 0 aliphatic carbocycles. The summed E-state index contributed by atoms with van der Waals surface area (Å²) in [6, 6.07) is 8.91. The second-order valence-electron chi connectivity index (χ2n) is 7.58. The monoisotopic (exact) mass is 459 g/mol. The van der Waals surface area contributed by atoms with Crippen molar-refractivity contribution in [3.05, 3.63) is 52.8 Å². The van der Waals surface area contributed by atoms with Crippen LogP contribution in [0.2, 0.25) is 0 Å². The molecule has 1 N–H and O–H groups in total. The van der Waals surface area contributed by atoms with Gasteiger partial charge in [-0.1, -0.05) is 0 Å². The normalized spacial score (nSPS) is 16.0. The number of aryl methyl sites for hydroxylation is 1. The number of nitrogens with zero attached hydrogens (tertiary/aromatic N) is 2. The van der Waals surface area contributed by atoms with Crippen molar-refractivity contribution in [2.75, 3.05) is 19.8 Å². The van der Waals surface area contributed by atoms with E-state index < -0.39 is 29.1 Å². The molecule has 1 saturated heterocycles. The second kappa shape index (κ2) is 10.1. The number of nitriles is 1. The lowest BCUT2D eigenvalue weighted by Gasteiger charge is -2.14. The van der Waals surface area contributed by atoms with Crippen molar-refractivity contribution in [2.45, 2.75) is 44.2 Å². The lowest BCUT2D eigenvalue weighted by molar-refractivity contribution is -0.141. The molecule has 0 saturated carbocycles. The number of benzene rings is 1. The van der Waals surface area contributed by atoms with Gasteiger partial charge in [-0.3, -0.25) is 9.59 Å². The zero-order valence-corrected chi connectivity index (χ0v) is 18.8. The van der Waals surface area contributed by atoms with E-state index in [-0.39, 0.29) is 16.8 Å². The molecule has 170 valence electrons. The Kier molecular flexibility index (Phi) is 7.45. The van der Waals surface area contributed by atoms with E-state index in [1.807, 2.05) is 24.5 Å². The average molecular weight is 460 g/mol. The van der Waals surface area contributed by atoms with Crippen LogP contribution in [0.4, 0.5) is 0 Å². The lowest BCUT2D eigenvalue weighted by atomic mass is 10.1. The van der Waals surface area contributed by atoms with E-state index in [0.717, 1.165) is 30.8 Å². The van der Waals surface area contributed by atoms with Gasteiger partial charge in [0, 0.05) is 30.1 Å². The van der Waals surface area contributed by atoms with Crippen molar-refractivity contribution in [1.29, 1.82) is 5.26 Å². The van der Waals surface area contributed by atoms with Gasteiger partial charge in [0.2, 0.25) is 15.8 Å². The molecule has 3 rings (SSSR count). The molecule has 1 aliphatic heterocycles. The summed E-state index contributed by atoms with van der Waals surface area (Å²) in [5, 5.41) is 8.78. The molecule has 1 aromatic heterocycles. The molecule has 0 radical (unpaired) electrons. The maximum Gasteiger partial charge on any atom is 0.321 e. The maximum absolute atomic E-state index is 12.6. The molecule has 0 amide bonds. The van der Waals surface area contributed by atoms with Gasteiger partial charge in [0.15, 0.2) is 6.61 Å². The third kappa shape index (κ3) is 5.62. The predicted octanol–water partition coefficient (Wildman–Crippen LogP) is 1.86. The minimum absolute atomic E-state index is 0.0842. The highest BCUT2D eigenvalue weighted by atomic mass is 32.2. The highest BCUT2D eigenvalue weighted by Crippen LogP contribution is 2.20. The van der Waals surface area contributed by atoms with Gasteiger partial charge in [0.1, 0.15) is 6.54 Å². The topological polar surface area (TPSA) is 127 Å². The quantitative estimate of drug-likeness (QED) is 0.448. The van der Waals surface area contributed by atoms with Crippen LogP contribution in [-0.4, -0.2) is 50.6 Å². The Bertz CT molecular complexity index is 1140. The molecule has 2 aromatic rings. The first-order chi connectivity index (χ1) is 15.2. The predicted molar refractivity (Wildman–Crippen MR) is 115 cm³/mol. The number of hydrogen-bond donors (Lipinski definition) is 1. The van der Waals surface area contributed by atoms with E-state index in [2.05, 4.69) is 4.72 Å². The summed E-state index contributed by atoms with van der Waals surface area (Å²) in [5.41, 5.74) is 2.48. The summed E-state index contributed by atoms with van der Waals surface area (Å²) in [6.45, 7) is 4.06. The third-order valence-corrected chi connectivity index (χ3v) is 6.77. The van der Waals surface area contributed by atoms with Crippen molar-refractivity contribution >= 4 is 21.8 Å². The summed E-state index contributed by atoms with van der Waals surface area (Å²) in [6.07, 6.45) is 2.14. The van der Waals surface area contributed by atoms with Crippen LogP contribution < -0.4 is 4.72 Å². The Morgan fingerprint density at radius 1 is 1.28 bits per heavy atom. The number of aromatic nitrogens is 1. The minimum atomic E-state index is -3.95. The van der Waals surface area contributed by atoms with Gasteiger partial charge >= 0.3 is 5.97 Å². The van der Waals surface area contributed by atoms with E-state index in [9.17, 15) is 18.0 Å². The van der Waals surface area contributed by atoms with Gasteiger partial charge < -0.3 is 14.0 Å². The molecule has 0 bridgehead atoms. The van der Waals surface area contributed by atoms with Crippen LogP contribution in [-0.2, 0) is 30.8 Å². The molecule has 0 spiro atoms. The van der Waals surface area contributed by atoms with E-state index in [1.165, 1.54) is 24.3 Å². The Morgan fingerprint density at radius 3 is 2.62 bits per heavy atom. The van der Waals surface area contributed by atoms with Crippen LogP contribution in [0.25, 0.3) is 0 Å². The molecule has 1 atom stereocenters. The van der Waals surface area contributed by atoms with Gasteiger partial charge in [-0.2, -0.15) is 9.98 Å². The SMILES string of the molecule is Cc1cc(C(=O)COC(=O)CNS(=O)(=O)c2ccc(C#N)cc2)c(C)n1C[C@H]1CCCO1. The summed E-state index contributed by atoms with van der Waals surface area (Å²) < 4.78 is 39.3. The fourth-order valence-corrected chi connectivity index (χ4v) is 4.55. The van der Waals surface area contributed by atoms with E-state index in [0.29, 0.717) is 17.7 Å². The number of carbonyl (C=O) groups is 2. The van der Waals surface area contributed by atoms with Gasteiger partial charge in [-0.25, -0.2) is 8.42 Å². The molecule has 32 heavy (non-hydrogen) atoms. The van der Waals surface area contributed by atoms with Crippen molar-refractivity contribution < 1.29 is 27.5 Å². The van der Waals surface area contributed by atoms with Crippen molar-refractivity contribution in [3.63, 3.8) is 0 Å². The number of Topliss-reactive ketones (excluding diaryl/α,β-unsaturated/α-hetero) is 1. The highest BCUT2D eigenvalue weighted by Gasteiger charge is 2.22. The second-order valence-corrected chi connectivity index (χ2v) is 9.34. The van der Waals surface area contributed by atoms with Crippen molar-refractivity contribution in [2.24, 2.45) is 0 Å². The van der Waals surface area contributed by atoms with Crippen LogP contribution in [0, 0.1) is 25.2 Å². The first-order valence-corrected chi connectivity index (χ1v) is 11.7. The van der Waals surface area contributed by atoms with E-state index in [1.54, 1.807) is 6.07 Å². The van der Waals surface area contributed by atoms with E-state index in [4.69, 9.17) is 14.7 Å². The number of hydrogen-bond acceptors (Lipinski definition) is 7. The van der Waals surface area contributed by atoms with Crippen molar-refractivity contribution in [3.8, 4) is 6.07 Å². The number of carbonyl (C=O) groups excluding carboxylic acids is 2. The standard InChI is InChI=1S/C22H25N3O6S/c1-15-10-20(16(2)25(15)13-18-4-3-9-30-18)21(26)14-31-22(27)12-24-32(28,29)19-7-5-17(11-23)6-8-19/h5-8,10,18,24H,3-4,9,12-14H2,1-2H3/t18-/m1/s1. The van der Waals surface area contributed by atoms with E-state index >= 15 is 0 Å². The Balaban J connectivity index is 1.53. The van der Waals surface area contributed by atoms with Gasteiger partial charge in [0.05, 0.1) is 22.6 Å². The highest BCUT2D eigenvalue weighted by molar-refractivity contribution is 7.89. The van der Waals surface area contributed by atoms with Crippen LogP contribution in [0.1, 0.15) is 40.2 Å². The molecule has 1 aromatic carbocycles. The van der Waals surface area contributed by atoms with Crippen LogP contribution in [0.3, 0.4) is 0 Å². The summed E-state index contributed by atoms with van der Waals surface area (Å²) in [5.74, 6) is -1.23. The Hall–Kier alpha value is -3.00. The smallest absolute Gasteiger partial charge is 0.321 e. The largest absolute Gasteiger partial charge is 0.456 e. The number of ether oxygens (including phenoxy) is 2. The lowest BCUT2D eigenvalue weighted by Crippen LogP contribution is -2.31. The number of sulfonamides is 1. The molecule has 9 nitrogen and oxygen atoms in total. The van der Waals surface area contributed by atoms with Crippen molar-refractivity contribution in [1.82, 2.24) is 9.29 Å². The third-order valence-electron chi connectivity index (χ3n) is 5.35. The zero-order valence-electron chi connectivity index (χ0n) is 18.0. The minimum Gasteiger partial charge on any atom is -0.456 e. The summed E-state index contributed by atoms with van der Waals surface area (Å²) in [4.78, 5) is 24.5. The molecular weight excluding hydrogens is 434 g/mol. The molecule has 1 aliphatic rings. The zero-order chi connectivity index (χ0) is 23.3. The Labute approximate surface area is 187 Å². The van der Waals surface area contributed by atoms with Crippen LogP contribution >= 0.6 is 0 Å². The summed E-state index contributed by atoms with van der Waals surface area (Å²) in [7, 11) is -3.95. The number of ketones is 1. The fourth-order valence-electron chi connectivity index (χ4n) is 3.58. The molecular formula is C22H25N3O6S.